The quantitative estimate of drug-likeness (QED) is 0.658. The van der Waals surface area contributed by atoms with Crippen LogP contribution in [0.2, 0.25) is 0 Å². The molecule has 116 valence electrons. The van der Waals surface area contributed by atoms with E-state index in [9.17, 15) is 4.79 Å². The maximum absolute atomic E-state index is 12.8. The Labute approximate surface area is 141 Å². The average molecular weight is 370 g/mol. The van der Waals surface area contributed by atoms with Gasteiger partial charge >= 0.3 is 0 Å². The van der Waals surface area contributed by atoms with Crippen molar-refractivity contribution in [2.75, 3.05) is 0 Å². The van der Waals surface area contributed by atoms with Crippen molar-refractivity contribution in [3.63, 3.8) is 0 Å². The van der Waals surface area contributed by atoms with Crippen molar-refractivity contribution in [3.8, 4) is 11.5 Å². The molecule has 0 bridgehead atoms. The minimum atomic E-state index is 0.176. The zero-order valence-electron chi connectivity index (χ0n) is 12.7. The summed E-state index contributed by atoms with van der Waals surface area (Å²) >= 11 is 3.55. The summed E-state index contributed by atoms with van der Waals surface area (Å²) < 4.78 is 2.95. The zero-order chi connectivity index (χ0) is 15.6. The van der Waals surface area contributed by atoms with Gasteiger partial charge in [0.25, 0.3) is 5.56 Å². The van der Waals surface area contributed by atoms with Gasteiger partial charge in [0, 0.05) is 27.5 Å². The first-order valence-corrected chi connectivity index (χ1v) is 8.95. The molecule has 5 rings (SSSR count). The van der Waals surface area contributed by atoms with E-state index < -0.39 is 0 Å². The Balaban J connectivity index is 1.82. The highest BCUT2D eigenvalue weighted by atomic mass is 79.9. The summed E-state index contributed by atoms with van der Waals surface area (Å²) in [5, 5.41) is 1.23. The smallest absolute Gasteiger partial charge is 0.257 e. The molecule has 0 radical (unpaired) electrons. The maximum atomic E-state index is 12.8. The number of hydrogen-bond donors (Lipinski definition) is 1. The Bertz CT molecular complexity index is 1020. The second kappa shape index (κ2) is 4.81. The van der Waals surface area contributed by atoms with Crippen molar-refractivity contribution in [2.45, 2.75) is 38.6 Å². The molecule has 0 spiro atoms. The van der Waals surface area contributed by atoms with Gasteiger partial charge in [0.05, 0.1) is 11.4 Å². The monoisotopic (exact) mass is 369 g/mol. The van der Waals surface area contributed by atoms with Gasteiger partial charge in [0.2, 0.25) is 0 Å². The standard InChI is InChI=1S/C18H16BrN3O/c19-10-5-6-15-13(9-10)11-7-8-22-17(16(11)20-15)21-14-4-2-1-3-12(14)18(22)23/h5-6,9,20H,1-4,7-8H2. The molecule has 0 saturated carbocycles. The molecule has 2 aliphatic rings. The summed E-state index contributed by atoms with van der Waals surface area (Å²) in [6, 6.07) is 6.27. The zero-order valence-corrected chi connectivity index (χ0v) is 14.2. The summed E-state index contributed by atoms with van der Waals surface area (Å²) in [5.74, 6) is 0.823. The van der Waals surface area contributed by atoms with Crippen LogP contribution < -0.4 is 5.56 Å². The lowest BCUT2D eigenvalue weighted by atomic mass is 9.96. The molecule has 3 aromatic rings. The molecular weight excluding hydrogens is 354 g/mol. The normalized spacial score (nSPS) is 16.0. The number of fused-ring (bicyclic) bond motifs is 6. The third-order valence-electron chi connectivity index (χ3n) is 5.12. The summed E-state index contributed by atoms with van der Waals surface area (Å²) in [5.41, 5.74) is 5.55. The van der Waals surface area contributed by atoms with Gasteiger partial charge in [-0.3, -0.25) is 9.36 Å². The summed E-state index contributed by atoms with van der Waals surface area (Å²) in [6.45, 7) is 0.723. The predicted octanol–water partition coefficient (Wildman–Crippen LogP) is 3.59. The number of hydrogen-bond acceptors (Lipinski definition) is 2. The number of halogens is 1. The van der Waals surface area contributed by atoms with Gasteiger partial charge in [-0.2, -0.15) is 0 Å². The van der Waals surface area contributed by atoms with Crippen LogP contribution in [0.1, 0.15) is 29.7 Å². The second-order valence-corrected chi connectivity index (χ2v) is 7.36. The molecule has 1 aliphatic heterocycles. The van der Waals surface area contributed by atoms with Gasteiger partial charge in [0.1, 0.15) is 0 Å². The van der Waals surface area contributed by atoms with Crippen LogP contribution in [0.4, 0.5) is 0 Å². The van der Waals surface area contributed by atoms with Crippen molar-refractivity contribution in [3.05, 3.63) is 49.8 Å². The van der Waals surface area contributed by atoms with Crippen molar-refractivity contribution in [1.29, 1.82) is 0 Å². The summed E-state index contributed by atoms with van der Waals surface area (Å²) in [7, 11) is 0. The van der Waals surface area contributed by atoms with E-state index in [-0.39, 0.29) is 5.56 Å². The van der Waals surface area contributed by atoms with E-state index in [2.05, 4.69) is 33.0 Å². The van der Waals surface area contributed by atoms with E-state index in [0.29, 0.717) is 0 Å². The van der Waals surface area contributed by atoms with Gasteiger partial charge in [-0.1, -0.05) is 15.9 Å². The molecular formula is C18H16BrN3O. The van der Waals surface area contributed by atoms with E-state index in [4.69, 9.17) is 4.98 Å². The largest absolute Gasteiger partial charge is 0.352 e. The number of aromatic amines is 1. The molecule has 0 fully saturated rings. The van der Waals surface area contributed by atoms with Crippen molar-refractivity contribution < 1.29 is 0 Å². The van der Waals surface area contributed by atoms with Crippen LogP contribution in [-0.4, -0.2) is 14.5 Å². The first-order valence-electron chi connectivity index (χ1n) is 8.15. The SMILES string of the molecule is O=c1c2c(nc3n1CCc1c-3[nH]c3ccc(Br)cc13)CCCC2. The van der Waals surface area contributed by atoms with E-state index >= 15 is 0 Å². The molecule has 5 heteroatoms. The van der Waals surface area contributed by atoms with Gasteiger partial charge in [-0.25, -0.2) is 4.98 Å². The van der Waals surface area contributed by atoms with Crippen LogP contribution in [0, 0.1) is 0 Å². The highest BCUT2D eigenvalue weighted by Crippen LogP contribution is 2.35. The number of nitrogens with zero attached hydrogens (tertiary/aromatic N) is 2. The van der Waals surface area contributed by atoms with Crippen LogP contribution in [0.15, 0.2) is 27.5 Å². The summed E-state index contributed by atoms with van der Waals surface area (Å²) in [4.78, 5) is 21.2. The lowest BCUT2D eigenvalue weighted by Crippen LogP contribution is -2.32. The fourth-order valence-electron chi connectivity index (χ4n) is 3.98. The fraction of sp³-hybridized carbons (Fsp3) is 0.333. The Kier molecular flexibility index (Phi) is 2.83. The van der Waals surface area contributed by atoms with Crippen LogP contribution in [-0.2, 0) is 25.8 Å². The van der Waals surface area contributed by atoms with E-state index in [1.165, 1.54) is 10.9 Å². The molecule has 0 atom stereocenters. The number of H-pyrrole nitrogens is 1. The highest BCUT2D eigenvalue weighted by Gasteiger charge is 2.26. The first-order chi connectivity index (χ1) is 11.2. The van der Waals surface area contributed by atoms with E-state index in [1.54, 1.807) is 0 Å². The lowest BCUT2D eigenvalue weighted by Gasteiger charge is -2.22. The topological polar surface area (TPSA) is 50.7 Å². The van der Waals surface area contributed by atoms with Crippen LogP contribution >= 0.6 is 15.9 Å². The number of aryl methyl sites for hydroxylation is 2. The Hall–Kier alpha value is -1.88. The molecule has 1 aromatic carbocycles. The molecule has 1 aliphatic carbocycles. The van der Waals surface area contributed by atoms with Crippen molar-refractivity contribution in [1.82, 2.24) is 14.5 Å². The minimum Gasteiger partial charge on any atom is -0.352 e. The highest BCUT2D eigenvalue weighted by molar-refractivity contribution is 9.10. The first kappa shape index (κ1) is 13.5. The molecule has 2 aromatic heterocycles. The molecule has 0 unspecified atom stereocenters. The second-order valence-electron chi connectivity index (χ2n) is 6.44. The Morgan fingerprint density at radius 2 is 2.00 bits per heavy atom. The molecule has 0 amide bonds. The lowest BCUT2D eigenvalue weighted by molar-refractivity contribution is 0.594. The average Bonchev–Trinajstić information content (AvgIpc) is 2.93. The fourth-order valence-corrected chi connectivity index (χ4v) is 4.34. The van der Waals surface area contributed by atoms with Gasteiger partial charge in [-0.15, -0.1) is 0 Å². The van der Waals surface area contributed by atoms with E-state index in [1.807, 2.05) is 10.6 Å². The van der Waals surface area contributed by atoms with Crippen molar-refractivity contribution >= 4 is 26.8 Å². The van der Waals surface area contributed by atoms with Crippen LogP contribution in [0.25, 0.3) is 22.4 Å². The number of nitrogens with one attached hydrogen (secondary N) is 1. The van der Waals surface area contributed by atoms with Gasteiger partial charge in [0.15, 0.2) is 5.82 Å². The third-order valence-corrected chi connectivity index (χ3v) is 5.61. The number of benzene rings is 1. The number of aromatic nitrogens is 3. The number of rotatable bonds is 0. The van der Waals surface area contributed by atoms with Gasteiger partial charge < -0.3 is 4.98 Å². The molecule has 3 heterocycles. The molecule has 4 nitrogen and oxygen atoms in total. The predicted molar refractivity (Wildman–Crippen MR) is 93.8 cm³/mol. The van der Waals surface area contributed by atoms with Crippen molar-refractivity contribution in [2.24, 2.45) is 0 Å². The third kappa shape index (κ3) is 1.89. The molecule has 0 saturated heterocycles. The molecule has 23 heavy (non-hydrogen) atoms. The van der Waals surface area contributed by atoms with E-state index in [0.717, 1.165) is 71.4 Å². The maximum Gasteiger partial charge on any atom is 0.257 e. The minimum absolute atomic E-state index is 0.176. The van der Waals surface area contributed by atoms with Crippen LogP contribution in [0.5, 0.6) is 0 Å². The molecule has 1 N–H and O–H groups in total. The van der Waals surface area contributed by atoms with Gasteiger partial charge in [-0.05, 0) is 55.9 Å². The Morgan fingerprint density at radius 3 is 2.91 bits per heavy atom. The Morgan fingerprint density at radius 1 is 1.13 bits per heavy atom. The van der Waals surface area contributed by atoms with Crippen LogP contribution in [0.3, 0.4) is 0 Å². The summed E-state index contributed by atoms with van der Waals surface area (Å²) in [6.07, 6.45) is 4.93.